The molecule has 2 unspecified atom stereocenters. The fourth-order valence-electron chi connectivity index (χ4n) is 3.33. The number of rotatable bonds is 10. The summed E-state index contributed by atoms with van der Waals surface area (Å²) in [5.41, 5.74) is 0. The topological polar surface area (TPSA) is 15.3 Å². The van der Waals surface area contributed by atoms with E-state index < -0.39 is 0 Å². The first kappa shape index (κ1) is 17.0. The summed E-state index contributed by atoms with van der Waals surface area (Å²) < 4.78 is 0. The van der Waals surface area contributed by atoms with Gasteiger partial charge < -0.3 is 5.32 Å². The summed E-state index contributed by atoms with van der Waals surface area (Å²) in [6, 6.07) is 1.42. The van der Waals surface area contributed by atoms with E-state index in [1.807, 2.05) is 0 Å². The molecule has 1 rings (SSSR count). The van der Waals surface area contributed by atoms with E-state index in [4.69, 9.17) is 0 Å². The first-order valence-corrected chi connectivity index (χ1v) is 8.71. The largest absolute Gasteiger partial charge is 0.316 e. The van der Waals surface area contributed by atoms with Crippen LogP contribution in [0.4, 0.5) is 0 Å². The molecule has 0 amide bonds. The SMILES string of the molecule is CCCCCCCCCN1CCCCC1C(C)NC. The minimum absolute atomic E-state index is 0.643. The van der Waals surface area contributed by atoms with Gasteiger partial charge in [0.1, 0.15) is 0 Å². The van der Waals surface area contributed by atoms with Crippen LogP contribution in [0.15, 0.2) is 0 Å². The zero-order chi connectivity index (χ0) is 13.9. The van der Waals surface area contributed by atoms with Crippen LogP contribution in [0.1, 0.15) is 78.1 Å². The Labute approximate surface area is 121 Å². The molecule has 0 spiro atoms. The van der Waals surface area contributed by atoms with E-state index in [0.29, 0.717) is 6.04 Å². The molecule has 0 aromatic rings. The maximum Gasteiger partial charge on any atom is 0.0246 e. The van der Waals surface area contributed by atoms with Crippen molar-refractivity contribution < 1.29 is 0 Å². The van der Waals surface area contributed by atoms with Gasteiger partial charge >= 0.3 is 0 Å². The molecule has 1 fully saturated rings. The molecule has 1 heterocycles. The van der Waals surface area contributed by atoms with Crippen molar-refractivity contribution in [1.82, 2.24) is 10.2 Å². The Bertz CT molecular complexity index is 205. The summed E-state index contributed by atoms with van der Waals surface area (Å²) in [6.07, 6.45) is 14.2. The number of nitrogens with zero attached hydrogens (tertiary/aromatic N) is 1. The second kappa shape index (κ2) is 10.7. The lowest BCUT2D eigenvalue weighted by Gasteiger charge is -2.39. The minimum atomic E-state index is 0.643. The Morgan fingerprint density at radius 1 is 1.05 bits per heavy atom. The first-order valence-electron chi connectivity index (χ1n) is 8.71. The van der Waals surface area contributed by atoms with Gasteiger partial charge in [-0.15, -0.1) is 0 Å². The van der Waals surface area contributed by atoms with Crippen molar-refractivity contribution in [2.24, 2.45) is 0 Å². The lowest BCUT2D eigenvalue weighted by Crippen LogP contribution is -2.50. The zero-order valence-corrected chi connectivity index (χ0v) is 13.6. The second-order valence-electron chi connectivity index (χ2n) is 6.30. The van der Waals surface area contributed by atoms with E-state index in [1.165, 1.54) is 77.3 Å². The molecule has 2 heteroatoms. The van der Waals surface area contributed by atoms with Crippen molar-refractivity contribution in [3.8, 4) is 0 Å². The average molecular weight is 268 g/mol. The molecule has 2 nitrogen and oxygen atoms in total. The van der Waals surface area contributed by atoms with Crippen molar-refractivity contribution in [3.63, 3.8) is 0 Å². The van der Waals surface area contributed by atoms with E-state index in [0.717, 1.165) is 6.04 Å². The summed E-state index contributed by atoms with van der Waals surface area (Å²) in [4.78, 5) is 2.75. The number of hydrogen-bond donors (Lipinski definition) is 1. The van der Waals surface area contributed by atoms with Crippen LogP contribution in [0.5, 0.6) is 0 Å². The number of likely N-dealkylation sites (N-methyl/N-ethyl adjacent to an activating group) is 1. The monoisotopic (exact) mass is 268 g/mol. The summed E-state index contributed by atoms with van der Waals surface area (Å²) >= 11 is 0. The van der Waals surface area contributed by atoms with E-state index in [-0.39, 0.29) is 0 Å². The van der Waals surface area contributed by atoms with Crippen LogP contribution in [0.3, 0.4) is 0 Å². The van der Waals surface area contributed by atoms with Crippen LogP contribution in [-0.2, 0) is 0 Å². The molecule has 0 aliphatic carbocycles. The molecule has 0 aromatic carbocycles. The minimum Gasteiger partial charge on any atom is -0.316 e. The highest BCUT2D eigenvalue weighted by Crippen LogP contribution is 2.20. The van der Waals surface area contributed by atoms with Gasteiger partial charge in [-0.3, -0.25) is 4.90 Å². The van der Waals surface area contributed by atoms with E-state index in [1.54, 1.807) is 0 Å². The van der Waals surface area contributed by atoms with Crippen LogP contribution >= 0.6 is 0 Å². The van der Waals surface area contributed by atoms with Crippen LogP contribution in [0, 0.1) is 0 Å². The number of likely N-dealkylation sites (tertiary alicyclic amines) is 1. The van der Waals surface area contributed by atoms with Gasteiger partial charge in [0.25, 0.3) is 0 Å². The van der Waals surface area contributed by atoms with E-state index in [9.17, 15) is 0 Å². The Hall–Kier alpha value is -0.0800. The van der Waals surface area contributed by atoms with Crippen LogP contribution in [0.2, 0.25) is 0 Å². The van der Waals surface area contributed by atoms with Crippen molar-refractivity contribution in [2.45, 2.75) is 90.1 Å². The van der Waals surface area contributed by atoms with Crippen molar-refractivity contribution >= 4 is 0 Å². The Morgan fingerprint density at radius 2 is 1.74 bits per heavy atom. The third-order valence-corrected chi connectivity index (χ3v) is 4.75. The molecule has 2 atom stereocenters. The number of hydrogen-bond acceptors (Lipinski definition) is 2. The Morgan fingerprint density at radius 3 is 2.42 bits per heavy atom. The van der Waals surface area contributed by atoms with Crippen LogP contribution < -0.4 is 5.32 Å². The molecular formula is C17H36N2. The molecule has 0 radical (unpaired) electrons. The maximum atomic E-state index is 3.45. The Balaban J connectivity index is 2.11. The highest BCUT2D eigenvalue weighted by Gasteiger charge is 2.25. The van der Waals surface area contributed by atoms with Crippen molar-refractivity contribution in [1.29, 1.82) is 0 Å². The number of piperidine rings is 1. The van der Waals surface area contributed by atoms with Crippen molar-refractivity contribution in [3.05, 3.63) is 0 Å². The number of unbranched alkanes of at least 4 members (excludes halogenated alkanes) is 6. The first-order chi connectivity index (χ1) is 9.29. The third-order valence-electron chi connectivity index (χ3n) is 4.75. The van der Waals surface area contributed by atoms with Gasteiger partial charge in [0.05, 0.1) is 0 Å². The molecule has 1 saturated heterocycles. The smallest absolute Gasteiger partial charge is 0.0246 e. The van der Waals surface area contributed by atoms with Crippen LogP contribution in [0.25, 0.3) is 0 Å². The summed E-state index contributed by atoms with van der Waals surface area (Å²) in [5, 5.41) is 3.45. The quantitative estimate of drug-likeness (QED) is 0.597. The van der Waals surface area contributed by atoms with Gasteiger partial charge in [0.2, 0.25) is 0 Å². The maximum absolute atomic E-state index is 3.45. The molecule has 1 N–H and O–H groups in total. The highest BCUT2D eigenvalue weighted by atomic mass is 15.2. The third kappa shape index (κ3) is 6.76. The summed E-state index contributed by atoms with van der Waals surface area (Å²) in [6.45, 7) is 7.28. The lowest BCUT2D eigenvalue weighted by molar-refractivity contribution is 0.119. The van der Waals surface area contributed by atoms with Crippen molar-refractivity contribution in [2.75, 3.05) is 20.1 Å². The summed E-state index contributed by atoms with van der Waals surface area (Å²) in [5.74, 6) is 0. The van der Waals surface area contributed by atoms with E-state index in [2.05, 4.69) is 31.1 Å². The molecule has 0 aromatic heterocycles. The van der Waals surface area contributed by atoms with Gasteiger partial charge in [-0.05, 0) is 46.3 Å². The van der Waals surface area contributed by atoms with Gasteiger partial charge in [-0.2, -0.15) is 0 Å². The van der Waals surface area contributed by atoms with E-state index >= 15 is 0 Å². The summed E-state index contributed by atoms with van der Waals surface area (Å²) in [7, 11) is 2.10. The van der Waals surface area contributed by atoms with Gasteiger partial charge in [-0.25, -0.2) is 0 Å². The molecule has 1 aliphatic heterocycles. The predicted molar refractivity (Wildman–Crippen MR) is 85.7 cm³/mol. The molecular weight excluding hydrogens is 232 g/mol. The number of nitrogens with one attached hydrogen (secondary N) is 1. The molecule has 19 heavy (non-hydrogen) atoms. The molecule has 114 valence electrons. The molecule has 1 aliphatic rings. The normalized spacial score (nSPS) is 22.6. The standard InChI is InChI=1S/C17H36N2/c1-4-5-6-7-8-9-11-14-19-15-12-10-13-17(19)16(2)18-3/h16-18H,4-15H2,1-3H3. The predicted octanol–water partition coefficient (Wildman–Crippen LogP) is 4.20. The fourth-order valence-corrected chi connectivity index (χ4v) is 3.33. The van der Waals surface area contributed by atoms with Gasteiger partial charge in [0, 0.05) is 12.1 Å². The van der Waals surface area contributed by atoms with Crippen LogP contribution in [-0.4, -0.2) is 37.1 Å². The fraction of sp³-hybridized carbons (Fsp3) is 1.00. The Kier molecular flexibility index (Phi) is 9.54. The highest BCUT2D eigenvalue weighted by molar-refractivity contribution is 4.84. The van der Waals surface area contributed by atoms with Gasteiger partial charge in [-0.1, -0.05) is 51.9 Å². The zero-order valence-electron chi connectivity index (χ0n) is 13.6. The lowest BCUT2D eigenvalue weighted by atomic mass is 9.96. The molecule has 0 saturated carbocycles. The molecule has 0 bridgehead atoms. The van der Waals surface area contributed by atoms with Gasteiger partial charge in [0.15, 0.2) is 0 Å². The second-order valence-corrected chi connectivity index (χ2v) is 6.30. The average Bonchev–Trinajstić information content (AvgIpc) is 2.46.